The van der Waals surface area contributed by atoms with Gasteiger partial charge in [-0.1, -0.05) is 76.8 Å². The van der Waals surface area contributed by atoms with Crippen LogP contribution in [0, 0.1) is 0 Å². The van der Waals surface area contributed by atoms with Crippen LogP contribution >= 0.6 is 0 Å². The lowest BCUT2D eigenvalue weighted by Crippen LogP contribution is -2.30. The van der Waals surface area contributed by atoms with Gasteiger partial charge in [0.25, 0.3) is 11.7 Å². The number of ketones is 1. The van der Waals surface area contributed by atoms with Crippen LogP contribution in [0.5, 0.6) is 11.5 Å². The normalized spacial score (nSPS) is 17.1. The maximum Gasteiger partial charge on any atom is 0.295 e. The molecule has 0 unspecified atom stereocenters. The lowest BCUT2D eigenvalue weighted by Gasteiger charge is -2.25. The van der Waals surface area contributed by atoms with Crippen molar-refractivity contribution in [2.75, 3.05) is 13.7 Å². The molecule has 0 spiro atoms. The number of Topliss-reactive ketones (excluding diaryl/α,β-unsaturated/α-hetero) is 1. The molecule has 3 rings (SSSR count). The van der Waals surface area contributed by atoms with E-state index in [1.807, 2.05) is 0 Å². The van der Waals surface area contributed by atoms with Crippen molar-refractivity contribution in [2.24, 2.45) is 0 Å². The Morgan fingerprint density at radius 2 is 1.50 bits per heavy atom. The molecule has 1 aliphatic rings. The van der Waals surface area contributed by atoms with Gasteiger partial charge in [0.1, 0.15) is 17.3 Å². The summed E-state index contributed by atoms with van der Waals surface area (Å²) in [7, 11) is 1.55. The number of amides is 1. The Hall–Kier alpha value is -3.28. The summed E-state index contributed by atoms with van der Waals surface area (Å²) in [5.74, 6) is -0.882. The van der Waals surface area contributed by atoms with Crippen LogP contribution in [0.3, 0.4) is 0 Å². The molecule has 1 heterocycles. The fourth-order valence-electron chi connectivity index (χ4n) is 4.83. The Balaban J connectivity index is 1.73. The second-order valence-corrected chi connectivity index (χ2v) is 9.50. The zero-order chi connectivity index (χ0) is 25.9. The molecule has 0 aromatic heterocycles. The maximum atomic E-state index is 13.1. The number of benzene rings is 2. The number of aromatic hydroxyl groups is 1. The average Bonchev–Trinajstić information content (AvgIpc) is 3.14. The van der Waals surface area contributed by atoms with Gasteiger partial charge >= 0.3 is 0 Å². The van der Waals surface area contributed by atoms with E-state index < -0.39 is 17.7 Å². The molecule has 194 valence electrons. The molecule has 2 aromatic rings. The highest BCUT2D eigenvalue weighted by molar-refractivity contribution is 6.46. The highest BCUT2D eigenvalue weighted by Gasteiger charge is 2.45. The third-order valence-corrected chi connectivity index (χ3v) is 6.84. The molecule has 1 aliphatic heterocycles. The summed E-state index contributed by atoms with van der Waals surface area (Å²) in [5, 5.41) is 21.2. The summed E-state index contributed by atoms with van der Waals surface area (Å²) < 4.78 is 5.18. The zero-order valence-corrected chi connectivity index (χ0v) is 21.5. The van der Waals surface area contributed by atoms with E-state index in [1.54, 1.807) is 55.6 Å². The highest BCUT2D eigenvalue weighted by atomic mass is 16.5. The Kier molecular flexibility index (Phi) is 10.4. The molecule has 1 atom stereocenters. The Morgan fingerprint density at radius 1 is 0.889 bits per heavy atom. The van der Waals surface area contributed by atoms with Gasteiger partial charge in [-0.15, -0.1) is 0 Å². The third kappa shape index (κ3) is 6.90. The maximum absolute atomic E-state index is 13.1. The van der Waals surface area contributed by atoms with Crippen molar-refractivity contribution in [1.82, 2.24) is 4.90 Å². The van der Waals surface area contributed by atoms with Gasteiger partial charge in [-0.05, 0) is 48.4 Å². The van der Waals surface area contributed by atoms with Crippen LogP contribution < -0.4 is 4.74 Å². The fraction of sp³-hybridized carbons (Fsp3) is 0.467. The summed E-state index contributed by atoms with van der Waals surface area (Å²) in [4.78, 5) is 27.7. The molecule has 0 bridgehead atoms. The van der Waals surface area contributed by atoms with Crippen molar-refractivity contribution in [1.29, 1.82) is 0 Å². The zero-order valence-electron chi connectivity index (χ0n) is 21.5. The molecule has 0 radical (unpaired) electrons. The number of nitrogens with zero attached hydrogens (tertiary/aromatic N) is 1. The van der Waals surface area contributed by atoms with Crippen molar-refractivity contribution >= 4 is 17.4 Å². The molecule has 36 heavy (non-hydrogen) atoms. The van der Waals surface area contributed by atoms with Crippen molar-refractivity contribution in [3.05, 3.63) is 65.2 Å². The molecule has 2 aromatic carbocycles. The molecule has 1 fully saturated rings. The summed E-state index contributed by atoms with van der Waals surface area (Å²) in [6.07, 6.45) is 11.7. The van der Waals surface area contributed by atoms with E-state index in [1.165, 1.54) is 49.8 Å². The topological polar surface area (TPSA) is 87.1 Å². The van der Waals surface area contributed by atoms with Crippen LogP contribution in [0.1, 0.15) is 88.3 Å². The second kappa shape index (κ2) is 13.7. The van der Waals surface area contributed by atoms with E-state index >= 15 is 0 Å². The molecule has 2 N–H and O–H groups in total. The Morgan fingerprint density at radius 3 is 2.08 bits per heavy atom. The lowest BCUT2D eigenvalue weighted by molar-refractivity contribution is -0.139. The quantitative estimate of drug-likeness (QED) is 0.132. The van der Waals surface area contributed by atoms with Crippen LogP contribution in [0.2, 0.25) is 0 Å². The van der Waals surface area contributed by atoms with Gasteiger partial charge in [0.05, 0.1) is 18.7 Å². The number of ether oxygens (including phenoxy) is 1. The number of likely N-dealkylation sites (tertiary alicyclic amines) is 1. The van der Waals surface area contributed by atoms with Crippen molar-refractivity contribution in [2.45, 2.75) is 77.2 Å². The molecule has 0 aliphatic carbocycles. The van der Waals surface area contributed by atoms with Gasteiger partial charge < -0.3 is 19.8 Å². The van der Waals surface area contributed by atoms with Crippen molar-refractivity contribution in [3.8, 4) is 11.5 Å². The van der Waals surface area contributed by atoms with Gasteiger partial charge in [0, 0.05) is 12.1 Å². The summed E-state index contributed by atoms with van der Waals surface area (Å²) in [6.45, 7) is 2.64. The summed E-state index contributed by atoms with van der Waals surface area (Å²) in [6, 6.07) is 12.5. The fourth-order valence-corrected chi connectivity index (χ4v) is 4.83. The molecular weight excluding hydrogens is 454 g/mol. The van der Waals surface area contributed by atoms with Crippen LogP contribution in [-0.4, -0.2) is 40.5 Å². The molecule has 6 heteroatoms. The number of carbonyl (C=O) groups excluding carboxylic acids is 2. The first-order chi connectivity index (χ1) is 17.5. The predicted molar refractivity (Wildman–Crippen MR) is 142 cm³/mol. The first kappa shape index (κ1) is 27.3. The standard InChI is InChI=1S/C30H39NO5/c1-3-4-5-6-7-8-9-10-11-12-20-31-27(23-14-13-15-24(32)21-23)26(29(34)30(31)35)28(33)22-16-18-25(36-2)19-17-22/h13-19,21,27,32-33H,3-12,20H2,1-2H3/t27-/m0/s1. The first-order valence-electron chi connectivity index (χ1n) is 13.2. The molecule has 1 amide bonds. The number of methoxy groups -OCH3 is 1. The largest absolute Gasteiger partial charge is 0.508 e. The predicted octanol–water partition coefficient (Wildman–Crippen LogP) is 6.74. The van der Waals surface area contributed by atoms with E-state index in [2.05, 4.69) is 6.92 Å². The number of carbonyl (C=O) groups is 2. The van der Waals surface area contributed by atoms with E-state index in [9.17, 15) is 19.8 Å². The second-order valence-electron chi connectivity index (χ2n) is 9.50. The number of phenols is 1. The Labute approximate surface area is 214 Å². The smallest absolute Gasteiger partial charge is 0.295 e. The van der Waals surface area contributed by atoms with Gasteiger partial charge in [0.15, 0.2) is 0 Å². The summed E-state index contributed by atoms with van der Waals surface area (Å²) in [5.41, 5.74) is 1.07. The number of hydrogen-bond acceptors (Lipinski definition) is 5. The molecule has 6 nitrogen and oxygen atoms in total. The van der Waals surface area contributed by atoms with Crippen LogP contribution in [0.15, 0.2) is 54.1 Å². The van der Waals surface area contributed by atoms with E-state index in [4.69, 9.17) is 4.74 Å². The van der Waals surface area contributed by atoms with Crippen LogP contribution in [0.4, 0.5) is 0 Å². The number of aliphatic hydroxyl groups excluding tert-OH is 1. The molecule has 0 saturated carbocycles. The van der Waals surface area contributed by atoms with Crippen LogP contribution in [-0.2, 0) is 9.59 Å². The third-order valence-electron chi connectivity index (χ3n) is 6.84. The molecular formula is C30H39NO5. The minimum absolute atomic E-state index is 0.0430. The lowest BCUT2D eigenvalue weighted by atomic mass is 9.95. The minimum Gasteiger partial charge on any atom is -0.508 e. The van der Waals surface area contributed by atoms with Gasteiger partial charge in [0.2, 0.25) is 0 Å². The van der Waals surface area contributed by atoms with E-state index in [-0.39, 0.29) is 17.1 Å². The first-order valence-corrected chi connectivity index (χ1v) is 13.2. The highest BCUT2D eigenvalue weighted by Crippen LogP contribution is 2.40. The monoisotopic (exact) mass is 493 g/mol. The van der Waals surface area contributed by atoms with Gasteiger partial charge in [-0.25, -0.2) is 0 Å². The SMILES string of the molecule is CCCCCCCCCCCCN1C(=O)C(=O)C(=C(O)c2ccc(OC)cc2)[C@@H]1c1cccc(O)c1. The number of phenolic OH excluding ortho intramolecular Hbond substituents is 1. The number of aliphatic hydroxyl groups is 1. The van der Waals surface area contributed by atoms with Gasteiger partial charge in [-0.3, -0.25) is 9.59 Å². The number of rotatable bonds is 14. The van der Waals surface area contributed by atoms with Gasteiger partial charge in [-0.2, -0.15) is 0 Å². The van der Waals surface area contributed by atoms with Crippen molar-refractivity contribution in [3.63, 3.8) is 0 Å². The van der Waals surface area contributed by atoms with E-state index in [0.29, 0.717) is 23.4 Å². The van der Waals surface area contributed by atoms with Crippen LogP contribution in [0.25, 0.3) is 5.76 Å². The Bertz CT molecular complexity index is 1040. The number of hydrogen-bond donors (Lipinski definition) is 2. The number of unbranched alkanes of at least 4 members (excludes halogenated alkanes) is 9. The van der Waals surface area contributed by atoms with E-state index in [0.717, 1.165) is 19.3 Å². The average molecular weight is 494 g/mol. The minimum atomic E-state index is -0.752. The summed E-state index contributed by atoms with van der Waals surface area (Å²) >= 11 is 0. The molecule has 1 saturated heterocycles. The van der Waals surface area contributed by atoms with Crippen molar-refractivity contribution < 1.29 is 24.5 Å².